The Morgan fingerprint density at radius 2 is 1.37 bits per heavy atom. The molecule has 10 heteroatoms. The van der Waals surface area contributed by atoms with Gasteiger partial charge in [0.2, 0.25) is 5.91 Å². The summed E-state index contributed by atoms with van der Waals surface area (Å²) >= 11 is 0. The fourth-order valence-electron chi connectivity index (χ4n) is 3.83. The molecular weight excluding hydrogens is 522 g/mol. The van der Waals surface area contributed by atoms with E-state index in [1.165, 1.54) is 36.4 Å². The van der Waals surface area contributed by atoms with Gasteiger partial charge in [-0.2, -0.15) is 0 Å². The summed E-state index contributed by atoms with van der Waals surface area (Å²) in [7, 11) is -7.87. The van der Waals surface area contributed by atoms with Gasteiger partial charge in [0.25, 0.3) is 20.0 Å². The van der Waals surface area contributed by atoms with Gasteiger partial charge in [0.05, 0.1) is 15.5 Å². The molecule has 0 heterocycles. The molecule has 4 aromatic rings. The molecule has 0 radical (unpaired) electrons. The lowest BCUT2D eigenvalue weighted by molar-refractivity contribution is -0.114. The van der Waals surface area contributed by atoms with Gasteiger partial charge < -0.3 is 5.32 Å². The van der Waals surface area contributed by atoms with Crippen LogP contribution in [-0.2, 0) is 24.8 Å². The summed E-state index contributed by atoms with van der Waals surface area (Å²) in [6, 6.07) is 27.4. The number of anilines is 3. The lowest BCUT2D eigenvalue weighted by Gasteiger charge is -2.25. The summed E-state index contributed by atoms with van der Waals surface area (Å²) < 4.78 is 56.0. The molecule has 38 heavy (non-hydrogen) atoms. The van der Waals surface area contributed by atoms with E-state index in [9.17, 15) is 21.6 Å². The summed E-state index contributed by atoms with van der Waals surface area (Å²) in [6.07, 6.45) is 0. The second kappa shape index (κ2) is 11.1. The molecule has 0 bridgehead atoms. The second-order valence-electron chi connectivity index (χ2n) is 8.66. The van der Waals surface area contributed by atoms with Gasteiger partial charge in [-0.05, 0) is 79.6 Å². The smallest absolute Gasteiger partial charge is 0.264 e. The molecular formula is C28H27N3O5S2. The van der Waals surface area contributed by atoms with Gasteiger partial charge in [-0.25, -0.2) is 16.8 Å². The molecule has 0 saturated heterocycles. The average molecular weight is 550 g/mol. The maximum Gasteiger partial charge on any atom is 0.264 e. The van der Waals surface area contributed by atoms with E-state index >= 15 is 0 Å². The Morgan fingerprint density at radius 3 is 2.03 bits per heavy atom. The van der Waals surface area contributed by atoms with E-state index in [0.29, 0.717) is 22.6 Å². The number of hydrogen-bond donors (Lipinski definition) is 2. The van der Waals surface area contributed by atoms with E-state index in [2.05, 4.69) is 10.0 Å². The monoisotopic (exact) mass is 549 g/mol. The zero-order chi connectivity index (χ0) is 27.3. The maximum atomic E-state index is 13.5. The number of benzene rings is 4. The predicted molar refractivity (Wildman–Crippen MR) is 149 cm³/mol. The number of aryl methyl sites for hydroxylation is 2. The highest BCUT2D eigenvalue weighted by Crippen LogP contribution is 2.27. The molecule has 196 valence electrons. The van der Waals surface area contributed by atoms with Gasteiger partial charge in [-0.3, -0.25) is 13.8 Å². The first-order valence-corrected chi connectivity index (χ1v) is 14.6. The topological polar surface area (TPSA) is 113 Å². The molecule has 1 amide bonds. The normalized spacial score (nSPS) is 11.5. The quantitative estimate of drug-likeness (QED) is 0.307. The third-order valence-corrected chi connectivity index (χ3v) is 8.89. The minimum Gasteiger partial charge on any atom is -0.325 e. The van der Waals surface area contributed by atoms with Crippen LogP contribution >= 0.6 is 0 Å². The number of sulfonamides is 2. The molecule has 0 aliphatic heterocycles. The van der Waals surface area contributed by atoms with Crippen molar-refractivity contribution in [3.05, 3.63) is 114 Å². The number of amides is 1. The molecule has 2 N–H and O–H groups in total. The number of nitrogens with zero attached hydrogens (tertiary/aromatic N) is 1. The molecule has 4 rings (SSSR count). The highest BCUT2D eigenvalue weighted by molar-refractivity contribution is 7.93. The Balaban J connectivity index is 1.53. The Hall–Kier alpha value is -4.15. The van der Waals surface area contributed by atoms with E-state index in [1.807, 2.05) is 13.0 Å². The molecule has 8 nitrogen and oxygen atoms in total. The molecule has 0 spiro atoms. The zero-order valence-corrected chi connectivity index (χ0v) is 22.5. The fourth-order valence-corrected chi connectivity index (χ4v) is 6.39. The van der Waals surface area contributed by atoms with Crippen LogP contribution in [0.1, 0.15) is 11.1 Å². The van der Waals surface area contributed by atoms with Gasteiger partial charge in [-0.1, -0.05) is 48.5 Å². The van der Waals surface area contributed by atoms with Gasteiger partial charge in [0.1, 0.15) is 6.54 Å². The standard InChI is InChI=1S/C28H27N3O5S2/c1-21-9-8-11-24(19-21)30-37(33,34)25-17-15-23(16-18-25)29-28(32)20-31(27-14-7-6-10-22(27)2)38(35,36)26-12-4-3-5-13-26/h3-19,30H,20H2,1-2H3,(H,29,32). The fraction of sp³-hybridized carbons (Fsp3) is 0.107. The Labute approximate surface area is 223 Å². The molecule has 0 fully saturated rings. The first-order chi connectivity index (χ1) is 18.1. The third-order valence-electron chi connectivity index (χ3n) is 5.72. The molecule has 4 aromatic carbocycles. The molecule has 0 atom stereocenters. The van der Waals surface area contributed by atoms with Gasteiger partial charge in [0.15, 0.2) is 0 Å². The number of para-hydroxylation sites is 1. The molecule has 0 aromatic heterocycles. The van der Waals surface area contributed by atoms with Crippen LogP contribution in [0.5, 0.6) is 0 Å². The van der Waals surface area contributed by atoms with E-state index < -0.39 is 32.5 Å². The minimum absolute atomic E-state index is 0.0187. The minimum atomic E-state index is -4.04. The lowest BCUT2D eigenvalue weighted by atomic mass is 10.2. The van der Waals surface area contributed by atoms with Crippen molar-refractivity contribution < 1.29 is 21.6 Å². The van der Waals surface area contributed by atoms with Crippen molar-refractivity contribution in [1.29, 1.82) is 0 Å². The Kier molecular flexibility index (Phi) is 7.84. The van der Waals surface area contributed by atoms with Crippen molar-refractivity contribution in [2.75, 3.05) is 20.9 Å². The zero-order valence-electron chi connectivity index (χ0n) is 20.8. The van der Waals surface area contributed by atoms with Gasteiger partial charge in [-0.15, -0.1) is 0 Å². The molecule has 0 saturated carbocycles. The third kappa shape index (κ3) is 6.21. The highest BCUT2D eigenvalue weighted by Gasteiger charge is 2.28. The molecule has 0 unspecified atom stereocenters. The van der Waals surface area contributed by atoms with Crippen molar-refractivity contribution in [2.45, 2.75) is 23.6 Å². The summed E-state index contributed by atoms with van der Waals surface area (Å²) in [5.74, 6) is -0.582. The number of carbonyl (C=O) groups is 1. The van der Waals surface area contributed by atoms with Crippen LogP contribution in [0.2, 0.25) is 0 Å². The number of carbonyl (C=O) groups excluding carboxylic acids is 1. The van der Waals surface area contributed by atoms with Crippen LogP contribution in [0.3, 0.4) is 0 Å². The predicted octanol–water partition coefficient (Wildman–Crippen LogP) is 4.94. The Bertz CT molecular complexity index is 1650. The van der Waals surface area contributed by atoms with Crippen LogP contribution in [0.15, 0.2) is 113 Å². The van der Waals surface area contributed by atoms with Crippen molar-refractivity contribution in [3.63, 3.8) is 0 Å². The van der Waals surface area contributed by atoms with Crippen molar-refractivity contribution in [3.8, 4) is 0 Å². The summed E-state index contributed by atoms with van der Waals surface area (Å²) in [5.41, 5.74) is 2.76. The lowest BCUT2D eigenvalue weighted by Crippen LogP contribution is -2.38. The SMILES string of the molecule is Cc1cccc(NS(=O)(=O)c2ccc(NC(=O)CN(c3ccccc3C)S(=O)(=O)c3ccccc3)cc2)c1. The molecule has 0 aliphatic rings. The van der Waals surface area contributed by atoms with Crippen LogP contribution in [-0.4, -0.2) is 29.3 Å². The number of rotatable bonds is 9. The Morgan fingerprint density at radius 1 is 0.711 bits per heavy atom. The van der Waals surface area contributed by atoms with Crippen molar-refractivity contribution in [2.24, 2.45) is 0 Å². The van der Waals surface area contributed by atoms with Crippen LogP contribution in [0, 0.1) is 13.8 Å². The van der Waals surface area contributed by atoms with E-state index in [4.69, 9.17) is 0 Å². The van der Waals surface area contributed by atoms with Gasteiger partial charge >= 0.3 is 0 Å². The van der Waals surface area contributed by atoms with E-state index in [0.717, 1.165) is 9.87 Å². The summed E-state index contributed by atoms with van der Waals surface area (Å²) in [5, 5.41) is 2.66. The van der Waals surface area contributed by atoms with Crippen molar-refractivity contribution in [1.82, 2.24) is 0 Å². The highest BCUT2D eigenvalue weighted by atomic mass is 32.2. The largest absolute Gasteiger partial charge is 0.325 e. The average Bonchev–Trinajstić information content (AvgIpc) is 2.88. The van der Waals surface area contributed by atoms with Crippen LogP contribution in [0.25, 0.3) is 0 Å². The maximum absolute atomic E-state index is 13.5. The number of nitrogens with one attached hydrogen (secondary N) is 2. The van der Waals surface area contributed by atoms with E-state index in [1.54, 1.807) is 67.6 Å². The van der Waals surface area contributed by atoms with Crippen LogP contribution in [0.4, 0.5) is 17.1 Å². The first-order valence-electron chi connectivity index (χ1n) is 11.7. The second-order valence-corrected chi connectivity index (χ2v) is 12.2. The van der Waals surface area contributed by atoms with E-state index in [-0.39, 0.29) is 9.79 Å². The van der Waals surface area contributed by atoms with Crippen molar-refractivity contribution >= 4 is 43.0 Å². The van der Waals surface area contributed by atoms with Gasteiger partial charge in [0, 0.05) is 11.4 Å². The van der Waals surface area contributed by atoms with Crippen LogP contribution < -0.4 is 14.3 Å². The summed E-state index contributed by atoms with van der Waals surface area (Å²) in [6.45, 7) is 3.16. The first kappa shape index (κ1) is 26.9. The number of hydrogen-bond acceptors (Lipinski definition) is 5. The summed E-state index contributed by atoms with van der Waals surface area (Å²) in [4.78, 5) is 13.1. The molecule has 0 aliphatic carbocycles.